The molecule has 1 unspecified atom stereocenters. The van der Waals surface area contributed by atoms with Gasteiger partial charge in [0.2, 0.25) is 0 Å². The van der Waals surface area contributed by atoms with Gasteiger partial charge < -0.3 is 19.6 Å². The van der Waals surface area contributed by atoms with Crippen molar-refractivity contribution in [2.45, 2.75) is 32.9 Å². The van der Waals surface area contributed by atoms with Gasteiger partial charge in [-0.3, -0.25) is 4.79 Å². The number of benzene rings is 1. The fourth-order valence-corrected chi connectivity index (χ4v) is 3.71. The summed E-state index contributed by atoms with van der Waals surface area (Å²) in [5, 5.41) is 4.66. The third-order valence-electron chi connectivity index (χ3n) is 4.99. The Morgan fingerprint density at radius 1 is 1.19 bits per heavy atom. The lowest BCUT2D eigenvalue weighted by Gasteiger charge is -2.16. The van der Waals surface area contributed by atoms with Gasteiger partial charge in [0, 0.05) is 35.8 Å². The molecule has 160 valence electrons. The molecule has 0 amide bonds. The highest BCUT2D eigenvalue weighted by Gasteiger charge is 2.15. The van der Waals surface area contributed by atoms with Gasteiger partial charge in [0.1, 0.15) is 11.6 Å². The van der Waals surface area contributed by atoms with E-state index in [0.29, 0.717) is 27.7 Å². The number of hydrogen-bond acceptors (Lipinski definition) is 5. The van der Waals surface area contributed by atoms with Crippen molar-refractivity contribution in [1.82, 2.24) is 19.5 Å². The van der Waals surface area contributed by atoms with Crippen LogP contribution in [-0.2, 0) is 7.05 Å². The SMILES string of the molecule is CC(C)Oc1cc2[nH]c(=O)c(C(C)Nc3cc(-c4cncn4C)ccn3)cc2cc1Cl. The first-order chi connectivity index (χ1) is 14.8. The molecule has 4 aromatic rings. The lowest BCUT2D eigenvalue weighted by Crippen LogP contribution is -2.20. The number of fused-ring (bicyclic) bond motifs is 1. The summed E-state index contributed by atoms with van der Waals surface area (Å²) in [7, 11) is 1.94. The van der Waals surface area contributed by atoms with Crippen LogP contribution in [0.5, 0.6) is 5.75 Å². The van der Waals surface area contributed by atoms with E-state index >= 15 is 0 Å². The molecular formula is C23H24ClN5O2. The van der Waals surface area contributed by atoms with E-state index in [1.54, 1.807) is 24.8 Å². The number of hydrogen-bond donors (Lipinski definition) is 2. The zero-order valence-electron chi connectivity index (χ0n) is 17.8. The molecule has 3 aromatic heterocycles. The van der Waals surface area contributed by atoms with Crippen LogP contribution in [0, 0.1) is 0 Å². The van der Waals surface area contributed by atoms with Crippen LogP contribution in [0.4, 0.5) is 5.82 Å². The second-order valence-electron chi connectivity index (χ2n) is 7.78. The van der Waals surface area contributed by atoms with Crippen LogP contribution in [-0.4, -0.2) is 25.6 Å². The summed E-state index contributed by atoms with van der Waals surface area (Å²) in [4.78, 5) is 24.3. The van der Waals surface area contributed by atoms with E-state index in [1.165, 1.54) is 0 Å². The van der Waals surface area contributed by atoms with Crippen LogP contribution in [0.1, 0.15) is 32.4 Å². The Balaban J connectivity index is 1.63. The number of aromatic amines is 1. The summed E-state index contributed by atoms with van der Waals surface area (Å²) < 4.78 is 7.66. The summed E-state index contributed by atoms with van der Waals surface area (Å²) in [5.41, 5.74) is 3.07. The molecule has 4 rings (SSSR count). The second kappa shape index (κ2) is 8.43. The molecule has 8 heteroatoms. The molecule has 2 N–H and O–H groups in total. The number of halogens is 1. The van der Waals surface area contributed by atoms with E-state index in [1.807, 2.05) is 56.7 Å². The lowest BCUT2D eigenvalue weighted by atomic mass is 10.1. The van der Waals surface area contributed by atoms with Crippen LogP contribution in [0.15, 0.2) is 53.8 Å². The van der Waals surface area contributed by atoms with Crippen molar-refractivity contribution < 1.29 is 4.74 Å². The van der Waals surface area contributed by atoms with Crippen molar-refractivity contribution in [3.63, 3.8) is 0 Å². The number of imidazole rings is 1. The molecule has 0 bridgehead atoms. The van der Waals surface area contributed by atoms with Crippen LogP contribution in [0.2, 0.25) is 5.02 Å². The van der Waals surface area contributed by atoms with Crippen molar-refractivity contribution in [3.8, 4) is 17.0 Å². The number of aryl methyl sites for hydroxylation is 1. The largest absolute Gasteiger partial charge is 0.489 e. The predicted molar refractivity (Wildman–Crippen MR) is 124 cm³/mol. The Hall–Kier alpha value is -3.32. The highest BCUT2D eigenvalue weighted by atomic mass is 35.5. The third kappa shape index (κ3) is 4.41. The van der Waals surface area contributed by atoms with Gasteiger partial charge in [0.05, 0.1) is 40.9 Å². The number of anilines is 1. The third-order valence-corrected chi connectivity index (χ3v) is 5.29. The van der Waals surface area contributed by atoms with Gasteiger partial charge in [-0.05, 0) is 45.0 Å². The van der Waals surface area contributed by atoms with E-state index in [-0.39, 0.29) is 17.7 Å². The van der Waals surface area contributed by atoms with Crippen LogP contribution < -0.4 is 15.6 Å². The standard InChI is InChI=1S/C23H24ClN5O2/c1-13(2)31-21-10-19-16(8-18(21)24)7-17(23(30)28-19)14(3)27-22-9-15(5-6-26-22)20-11-25-12-29(20)4/h5-14H,1-4H3,(H,26,27)(H,28,30). The van der Waals surface area contributed by atoms with E-state index in [2.05, 4.69) is 20.3 Å². The Morgan fingerprint density at radius 3 is 2.71 bits per heavy atom. The smallest absolute Gasteiger partial charge is 0.253 e. The number of nitrogens with one attached hydrogen (secondary N) is 2. The number of nitrogens with zero attached hydrogens (tertiary/aromatic N) is 3. The van der Waals surface area contributed by atoms with Gasteiger partial charge in [-0.1, -0.05) is 11.6 Å². The summed E-state index contributed by atoms with van der Waals surface area (Å²) in [6.45, 7) is 5.78. The van der Waals surface area contributed by atoms with E-state index < -0.39 is 0 Å². The Labute approximate surface area is 185 Å². The molecule has 0 radical (unpaired) electrons. The van der Waals surface area contributed by atoms with Crippen LogP contribution >= 0.6 is 11.6 Å². The zero-order valence-corrected chi connectivity index (χ0v) is 18.6. The highest BCUT2D eigenvalue weighted by molar-refractivity contribution is 6.32. The summed E-state index contributed by atoms with van der Waals surface area (Å²) in [6.07, 6.45) is 5.28. The zero-order chi connectivity index (χ0) is 22.1. The predicted octanol–water partition coefficient (Wildman–Crippen LogP) is 4.94. The minimum absolute atomic E-state index is 0.0141. The van der Waals surface area contributed by atoms with Gasteiger partial charge in [-0.15, -0.1) is 0 Å². The highest BCUT2D eigenvalue weighted by Crippen LogP contribution is 2.31. The van der Waals surface area contributed by atoms with Crippen molar-refractivity contribution in [1.29, 1.82) is 0 Å². The molecule has 0 aliphatic carbocycles. The van der Waals surface area contributed by atoms with E-state index in [9.17, 15) is 4.79 Å². The van der Waals surface area contributed by atoms with E-state index in [0.717, 1.165) is 16.6 Å². The molecule has 1 atom stereocenters. The molecular weight excluding hydrogens is 414 g/mol. The molecule has 0 spiro atoms. The lowest BCUT2D eigenvalue weighted by molar-refractivity contribution is 0.243. The fourth-order valence-electron chi connectivity index (χ4n) is 3.49. The van der Waals surface area contributed by atoms with Crippen molar-refractivity contribution in [3.05, 3.63) is 70.0 Å². The average Bonchev–Trinajstić information content (AvgIpc) is 3.14. The Kier molecular flexibility index (Phi) is 5.69. The maximum atomic E-state index is 12.8. The fraction of sp³-hybridized carbons (Fsp3) is 0.261. The number of ether oxygens (including phenoxy) is 1. The summed E-state index contributed by atoms with van der Waals surface area (Å²) in [6, 6.07) is 9.01. The van der Waals surface area contributed by atoms with Gasteiger partial charge >= 0.3 is 0 Å². The van der Waals surface area contributed by atoms with Gasteiger partial charge in [0.15, 0.2) is 0 Å². The maximum Gasteiger partial charge on any atom is 0.253 e. The molecule has 7 nitrogen and oxygen atoms in total. The van der Waals surface area contributed by atoms with Gasteiger partial charge in [-0.2, -0.15) is 0 Å². The molecule has 0 saturated carbocycles. The first-order valence-corrected chi connectivity index (χ1v) is 10.4. The molecule has 0 fully saturated rings. The Bertz CT molecular complexity index is 1290. The van der Waals surface area contributed by atoms with Crippen LogP contribution in [0.3, 0.4) is 0 Å². The molecule has 0 saturated heterocycles. The van der Waals surface area contributed by atoms with Crippen molar-refractivity contribution in [2.75, 3.05) is 5.32 Å². The number of aromatic nitrogens is 4. The number of pyridine rings is 2. The van der Waals surface area contributed by atoms with Gasteiger partial charge in [-0.25, -0.2) is 9.97 Å². The first-order valence-electron chi connectivity index (χ1n) is 10.0. The topological polar surface area (TPSA) is 84.8 Å². The monoisotopic (exact) mass is 437 g/mol. The molecule has 1 aromatic carbocycles. The average molecular weight is 438 g/mol. The maximum absolute atomic E-state index is 12.8. The normalized spacial score (nSPS) is 12.3. The molecule has 31 heavy (non-hydrogen) atoms. The van der Waals surface area contributed by atoms with Crippen molar-refractivity contribution in [2.24, 2.45) is 7.05 Å². The van der Waals surface area contributed by atoms with Gasteiger partial charge in [0.25, 0.3) is 5.56 Å². The molecule has 3 heterocycles. The molecule has 0 aliphatic heterocycles. The van der Waals surface area contributed by atoms with E-state index in [4.69, 9.17) is 16.3 Å². The summed E-state index contributed by atoms with van der Waals surface area (Å²) in [5.74, 6) is 1.22. The molecule has 0 aliphatic rings. The minimum Gasteiger partial charge on any atom is -0.489 e. The minimum atomic E-state index is -0.271. The quantitative estimate of drug-likeness (QED) is 0.446. The first kappa shape index (κ1) is 20.9. The van der Waals surface area contributed by atoms with Crippen LogP contribution in [0.25, 0.3) is 22.2 Å². The van der Waals surface area contributed by atoms with Crippen molar-refractivity contribution >= 4 is 28.3 Å². The Morgan fingerprint density at radius 2 is 2.00 bits per heavy atom. The number of rotatable bonds is 6. The number of H-pyrrole nitrogens is 1. The second-order valence-corrected chi connectivity index (χ2v) is 8.18. The summed E-state index contributed by atoms with van der Waals surface area (Å²) >= 11 is 6.38.